The largest absolute Gasteiger partial charge is 0.416 e. The Morgan fingerprint density at radius 1 is 1.03 bits per heavy atom. The van der Waals surface area contributed by atoms with Gasteiger partial charge in [0, 0.05) is 28.6 Å². The van der Waals surface area contributed by atoms with Gasteiger partial charge in [0.1, 0.15) is 0 Å². The Bertz CT molecular complexity index is 1040. The summed E-state index contributed by atoms with van der Waals surface area (Å²) < 4.78 is 8.01. The minimum Gasteiger partial charge on any atom is -0.416 e. The number of thioether (sulfide) groups is 1. The smallest absolute Gasteiger partial charge is 0.277 e. The zero-order valence-corrected chi connectivity index (χ0v) is 19.0. The SMILES string of the molecule is Cc1cc(C)cc(-n2c(C)cc(C(=O)CSc3nnc(C4CCCCC4)o3)c2C)c1. The van der Waals surface area contributed by atoms with E-state index in [-0.39, 0.29) is 5.78 Å². The number of carbonyl (C=O) groups is 1. The van der Waals surface area contributed by atoms with Crippen LogP contribution in [0.3, 0.4) is 0 Å². The average molecular weight is 424 g/mol. The monoisotopic (exact) mass is 423 g/mol. The number of hydrogen-bond acceptors (Lipinski definition) is 5. The lowest BCUT2D eigenvalue weighted by molar-refractivity contribution is 0.102. The van der Waals surface area contributed by atoms with Crippen molar-refractivity contribution in [3.05, 3.63) is 58.2 Å². The summed E-state index contributed by atoms with van der Waals surface area (Å²) in [6.45, 7) is 8.25. The third-order valence-corrected chi connectivity index (χ3v) is 6.72. The molecular formula is C24H29N3O2S. The third-order valence-electron chi connectivity index (χ3n) is 5.90. The highest BCUT2D eigenvalue weighted by Crippen LogP contribution is 2.33. The minimum absolute atomic E-state index is 0.0844. The molecule has 4 rings (SSSR count). The lowest BCUT2D eigenvalue weighted by Gasteiger charge is -2.17. The van der Waals surface area contributed by atoms with Gasteiger partial charge in [0.15, 0.2) is 5.78 Å². The molecule has 0 atom stereocenters. The Labute approximate surface area is 182 Å². The number of benzene rings is 1. The summed E-state index contributed by atoms with van der Waals surface area (Å²) in [7, 11) is 0. The number of rotatable bonds is 6. The molecule has 0 spiro atoms. The maximum Gasteiger partial charge on any atom is 0.277 e. The van der Waals surface area contributed by atoms with Crippen LogP contribution in [0, 0.1) is 27.7 Å². The summed E-state index contributed by atoms with van der Waals surface area (Å²) >= 11 is 1.33. The predicted octanol–water partition coefficient (Wildman–Crippen LogP) is 6.12. The van der Waals surface area contributed by atoms with Gasteiger partial charge >= 0.3 is 0 Å². The lowest BCUT2D eigenvalue weighted by Crippen LogP contribution is -2.06. The zero-order chi connectivity index (χ0) is 21.3. The quantitative estimate of drug-likeness (QED) is 0.353. The Kier molecular flexibility index (Phi) is 6.14. The van der Waals surface area contributed by atoms with Crippen molar-refractivity contribution in [2.45, 2.75) is 70.9 Å². The van der Waals surface area contributed by atoms with Gasteiger partial charge in [-0.05, 0) is 69.9 Å². The van der Waals surface area contributed by atoms with Crippen molar-refractivity contribution >= 4 is 17.5 Å². The van der Waals surface area contributed by atoms with Crippen LogP contribution in [-0.4, -0.2) is 26.3 Å². The van der Waals surface area contributed by atoms with Crippen LogP contribution < -0.4 is 0 Å². The summed E-state index contributed by atoms with van der Waals surface area (Å²) in [6, 6.07) is 8.45. The summed E-state index contributed by atoms with van der Waals surface area (Å²) in [4.78, 5) is 13.0. The molecule has 2 heterocycles. The second-order valence-electron chi connectivity index (χ2n) is 8.42. The van der Waals surface area contributed by atoms with Gasteiger partial charge in [-0.2, -0.15) is 0 Å². The molecule has 0 amide bonds. The normalized spacial score (nSPS) is 14.9. The number of Topliss-reactive ketones (excluding diaryl/α,β-unsaturated/α-hetero) is 1. The first-order chi connectivity index (χ1) is 14.4. The highest BCUT2D eigenvalue weighted by molar-refractivity contribution is 7.99. The topological polar surface area (TPSA) is 60.9 Å². The van der Waals surface area contributed by atoms with Gasteiger partial charge in [-0.3, -0.25) is 4.79 Å². The molecule has 0 aliphatic heterocycles. The van der Waals surface area contributed by atoms with E-state index < -0.39 is 0 Å². The Morgan fingerprint density at radius 2 is 1.73 bits per heavy atom. The molecule has 30 heavy (non-hydrogen) atoms. The maximum absolute atomic E-state index is 13.0. The van der Waals surface area contributed by atoms with Gasteiger partial charge in [0.05, 0.1) is 5.75 Å². The van der Waals surface area contributed by atoms with E-state index in [0.717, 1.165) is 41.4 Å². The molecule has 2 aromatic heterocycles. The van der Waals surface area contributed by atoms with Crippen molar-refractivity contribution in [2.24, 2.45) is 0 Å². The first-order valence-electron chi connectivity index (χ1n) is 10.7. The first-order valence-corrected chi connectivity index (χ1v) is 11.7. The molecule has 1 fully saturated rings. The van der Waals surface area contributed by atoms with E-state index in [0.29, 0.717) is 16.9 Å². The summed E-state index contributed by atoms with van der Waals surface area (Å²) in [6.07, 6.45) is 5.99. The second-order valence-corrected chi connectivity index (χ2v) is 9.35. The first kappa shape index (κ1) is 20.9. The molecule has 0 unspecified atom stereocenters. The fourth-order valence-corrected chi connectivity index (χ4v) is 5.17. The summed E-state index contributed by atoms with van der Waals surface area (Å²) in [5.41, 5.74) is 6.31. The summed E-state index contributed by atoms with van der Waals surface area (Å²) in [5, 5.41) is 8.88. The number of aryl methyl sites for hydroxylation is 3. The molecule has 3 aromatic rings. The van der Waals surface area contributed by atoms with Crippen LogP contribution in [-0.2, 0) is 0 Å². The van der Waals surface area contributed by atoms with Crippen molar-refractivity contribution in [1.82, 2.24) is 14.8 Å². The van der Waals surface area contributed by atoms with Gasteiger partial charge in [0.25, 0.3) is 5.22 Å². The van der Waals surface area contributed by atoms with Gasteiger partial charge in [0.2, 0.25) is 5.89 Å². The van der Waals surface area contributed by atoms with E-state index >= 15 is 0 Å². The van der Waals surface area contributed by atoms with E-state index in [1.54, 1.807) is 0 Å². The fraction of sp³-hybridized carbons (Fsp3) is 0.458. The molecule has 1 aliphatic rings. The highest BCUT2D eigenvalue weighted by Gasteiger charge is 2.22. The minimum atomic E-state index is 0.0844. The molecule has 158 valence electrons. The Hall–Kier alpha value is -2.34. The van der Waals surface area contributed by atoms with E-state index in [1.807, 2.05) is 19.9 Å². The highest BCUT2D eigenvalue weighted by atomic mass is 32.2. The van der Waals surface area contributed by atoms with Crippen molar-refractivity contribution in [1.29, 1.82) is 0 Å². The van der Waals surface area contributed by atoms with E-state index in [2.05, 4.69) is 46.8 Å². The summed E-state index contributed by atoms with van der Waals surface area (Å²) in [5.74, 6) is 1.50. The average Bonchev–Trinajstić information content (AvgIpc) is 3.30. The van der Waals surface area contributed by atoms with Crippen LogP contribution in [0.25, 0.3) is 5.69 Å². The molecule has 6 heteroatoms. The number of nitrogens with zero attached hydrogens (tertiary/aromatic N) is 3. The van der Waals surface area contributed by atoms with Crippen LogP contribution in [0.15, 0.2) is 33.9 Å². The third kappa shape index (κ3) is 4.38. The van der Waals surface area contributed by atoms with Crippen molar-refractivity contribution in [3.63, 3.8) is 0 Å². The molecule has 0 N–H and O–H groups in total. The number of carbonyl (C=O) groups excluding carboxylic acids is 1. The predicted molar refractivity (Wildman–Crippen MR) is 120 cm³/mol. The molecule has 1 aliphatic carbocycles. The molecule has 5 nitrogen and oxygen atoms in total. The number of hydrogen-bond donors (Lipinski definition) is 0. The molecular weight excluding hydrogens is 394 g/mol. The molecule has 0 radical (unpaired) electrons. The van der Waals surface area contributed by atoms with Crippen LogP contribution in [0.4, 0.5) is 0 Å². The van der Waals surface area contributed by atoms with Crippen molar-refractivity contribution < 1.29 is 9.21 Å². The van der Waals surface area contributed by atoms with Gasteiger partial charge in [-0.15, -0.1) is 10.2 Å². The van der Waals surface area contributed by atoms with Crippen molar-refractivity contribution in [2.75, 3.05) is 5.75 Å². The zero-order valence-electron chi connectivity index (χ0n) is 18.2. The molecule has 1 aromatic carbocycles. The molecule has 0 saturated heterocycles. The second kappa shape index (κ2) is 8.80. The Morgan fingerprint density at radius 3 is 2.43 bits per heavy atom. The van der Waals surface area contributed by atoms with Crippen LogP contribution in [0.1, 0.15) is 76.8 Å². The standard InChI is InChI=1S/C24H29N3O2S/c1-15-10-16(2)12-20(11-15)27-17(3)13-21(18(27)4)22(28)14-30-24-26-25-23(29-24)19-8-6-5-7-9-19/h10-13,19H,5-9,14H2,1-4H3. The van der Waals surface area contributed by atoms with Gasteiger partial charge in [-0.25, -0.2) is 0 Å². The molecule has 1 saturated carbocycles. The van der Waals surface area contributed by atoms with E-state index in [9.17, 15) is 4.79 Å². The number of aromatic nitrogens is 3. The van der Waals surface area contributed by atoms with Crippen LogP contribution in [0.2, 0.25) is 0 Å². The van der Waals surface area contributed by atoms with Gasteiger partial charge < -0.3 is 8.98 Å². The van der Waals surface area contributed by atoms with Crippen LogP contribution >= 0.6 is 11.8 Å². The van der Waals surface area contributed by atoms with Gasteiger partial charge in [-0.1, -0.05) is 37.1 Å². The Balaban J connectivity index is 1.47. The maximum atomic E-state index is 13.0. The van der Waals surface area contributed by atoms with E-state index in [1.165, 1.54) is 42.2 Å². The van der Waals surface area contributed by atoms with Crippen LogP contribution in [0.5, 0.6) is 0 Å². The fourth-order valence-electron chi connectivity index (χ4n) is 4.52. The van der Waals surface area contributed by atoms with E-state index in [4.69, 9.17) is 4.42 Å². The molecule has 0 bridgehead atoms. The lowest BCUT2D eigenvalue weighted by atomic mass is 9.89. The van der Waals surface area contributed by atoms with Crippen molar-refractivity contribution in [3.8, 4) is 5.69 Å². The number of ketones is 1.